The number of ether oxygens (including phenoxy) is 2. The molecule has 0 unspecified atom stereocenters. The predicted octanol–water partition coefficient (Wildman–Crippen LogP) is 5.23. The van der Waals surface area contributed by atoms with E-state index < -0.39 is 5.82 Å². The first-order chi connectivity index (χ1) is 15.1. The molecule has 4 rings (SSSR count). The zero-order valence-electron chi connectivity index (χ0n) is 17.2. The zero-order valence-corrected chi connectivity index (χ0v) is 17.2. The first-order valence-electron chi connectivity index (χ1n) is 10.1. The van der Waals surface area contributed by atoms with Crippen molar-refractivity contribution >= 4 is 12.0 Å². The van der Waals surface area contributed by atoms with Gasteiger partial charge in [-0.2, -0.15) is 0 Å². The summed E-state index contributed by atoms with van der Waals surface area (Å²) in [6.07, 6.45) is 8.27. The van der Waals surface area contributed by atoms with E-state index in [9.17, 15) is 9.18 Å². The maximum Gasteiger partial charge on any atom is 0.247 e. The van der Waals surface area contributed by atoms with Gasteiger partial charge in [0.25, 0.3) is 0 Å². The fourth-order valence-electron chi connectivity index (χ4n) is 3.20. The van der Waals surface area contributed by atoms with Crippen LogP contribution in [-0.2, 0) is 11.3 Å². The van der Waals surface area contributed by atoms with Crippen LogP contribution in [-0.4, -0.2) is 28.9 Å². The second-order valence-electron chi connectivity index (χ2n) is 7.36. The number of nitrogens with zero attached hydrogens (tertiary/aromatic N) is 2. The molecule has 1 heterocycles. The average molecular weight is 418 g/mol. The number of carbonyl (C=O) groups excluding carboxylic acids is 1. The SMILES string of the molecule is COc1ccc(CN(C(=O)/C=C/c2ccc(Oc3cccnc3)c(F)c2)C2CC2)cc1. The number of carbonyl (C=O) groups is 1. The standard InChI is InChI=1S/C25H23FN2O3/c1-30-21-10-4-19(5-11-21)17-28(20-8-9-20)25(29)13-7-18-6-12-24(23(26)15-18)31-22-3-2-14-27-16-22/h2-7,10-16,20H,8-9,17H2,1H3/b13-7+. The molecule has 1 aromatic heterocycles. The van der Waals surface area contributed by atoms with Crippen LogP contribution >= 0.6 is 0 Å². The molecule has 5 nitrogen and oxygen atoms in total. The van der Waals surface area contributed by atoms with E-state index in [2.05, 4.69) is 4.98 Å². The zero-order chi connectivity index (χ0) is 21.6. The third-order valence-corrected chi connectivity index (χ3v) is 5.02. The van der Waals surface area contributed by atoms with Crippen LogP contribution < -0.4 is 9.47 Å². The number of amides is 1. The summed E-state index contributed by atoms with van der Waals surface area (Å²) < 4.78 is 25.1. The molecule has 0 spiro atoms. The molecule has 0 saturated heterocycles. The van der Waals surface area contributed by atoms with Crippen LogP contribution in [0.15, 0.2) is 73.1 Å². The molecule has 1 fully saturated rings. The molecule has 0 atom stereocenters. The van der Waals surface area contributed by atoms with E-state index in [1.54, 1.807) is 43.6 Å². The van der Waals surface area contributed by atoms with Crippen molar-refractivity contribution in [3.8, 4) is 17.2 Å². The molecule has 3 aromatic rings. The second-order valence-corrected chi connectivity index (χ2v) is 7.36. The molecule has 0 radical (unpaired) electrons. The lowest BCUT2D eigenvalue weighted by Gasteiger charge is -2.21. The van der Waals surface area contributed by atoms with Gasteiger partial charge in [0.1, 0.15) is 11.5 Å². The van der Waals surface area contributed by atoms with Crippen LogP contribution in [0, 0.1) is 5.82 Å². The Morgan fingerprint density at radius 3 is 2.61 bits per heavy atom. The quantitative estimate of drug-likeness (QED) is 0.470. The van der Waals surface area contributed by atoms with E-state index >= 15 is 0 Å². The van der Waals surface area contributed by atoms with Crippen LogP contribution in [0.2, 0.25) is 0 Å². The topological polar surface area (TPSA) is 51.7 Å². The molecule has 1 aliphatic carbocycles. The lowest BCUT2D eigenvalue weighted by molar-refractivity contribution is -0.127. The number of rotatable bonds is 8. The molecule has 0 aliphatic heterocycles. The number of hydrogen-bond acceptors (Lipinski definition) is 4. The van der Waals surface area contributed by atoms with Gasteiger partial charge in [-0.05, 0) is 66.4 Å². The lowest BCUT2D eigenvalue weighted by atomic mass is 10.1. The minimum absolute atomic E-state index is 0.0885. The van der Waals surface area contributed by atoms with Gasteiger partial charge in [0.05, 0.1) is 13.3 Å². The largest absolute Gasteiger partial charge is 0.497 e. The number of methoxy groups -OCH3 is 1. The minimum atomic E-state index is -0.504. The van der Waals surface area contributed by atoms with Gasteiger partial charge in [-0.3, -0.25) is 9.78 Å². The summed E-state index contributed by atoms with van der Waals surface area (Å²) in [6, 6.07) is 16.0. The molecule has 2 aromatic carbocycles. The van der Waals surface area contributed by atoms with Gasteiger partial charge in [-0.25, -0.2) is 4.39 Å². The molecule has 1 saturated carbocycles. The van der Waals surface area contributed by atoms with Gasteiger partial charge in [0.2, 0.25) is 5.91 Å². The molecular formula is C25H23FN2O3. The summed E-state index contributed by atoms with van der Waals surface area (Å²) >= 11 is 0. The number of halogens is 1. The van der Waals surface area contributed by atoms with Gasteiger partial charge in [-0.15, -0.1) is 0 Å². The average Bonchev–Trinajstić information content (AvgIpc) is 3.64. The van der Waals surface area contributed by atoms with Crippen LogP contribution in [0.1, 0.15) is 24.0 Å². The highest BCUT2D eigenvalue weighted by Crippen LogP contribution is 2.29. The van der Waals surface area contributed by atoms with Crippen molar-refractivity contribution in [3.63, 3.8) is 0 Å². The predicted molar refractivity (Wildman–Crippen MR) is 116 cm³/mol. The maximum absolute atomic E-state index is 14.4. The summed E-state index contributed by atoms with van der Waals surface area (Å²) in [4.78, 5) is 18.6. The van der Waals surface area contributed by atoms with Crippen molar-refractivity contribution in [2.75, 3.05) is 7.11 Å². The third-order valence-electron chi connectivity index (χ3n) is 5.02. The van der Waals surface area contributed by atoms with Gasteiger partial charge in [0, 0.05) is 24.9 Å². The Morgan fingerprint density at radius 2 is 1.97 bits per heavy atom. The lowest BCUT2D eigenvalue weighted by Crippen LogP contribution is -2.31. The number of hydrogen-bond donors (Lipinski definition) is 0. The Kier molecular flexibility index (Phi) is 6.26. The van der Waals surface area contributed by atoms with E-state index in [-0.39, 0.29) is 17.7 Å². The monoisotopic (exact) mass is 418 g/mol. The van der Waals surface area contributed by atoms with Gasteiger partial charge < -0.3 is 14.4 Å². The molecule has 0 N–H and O–H groups in total. The van der Waals surface area contributed by atoms with Crippen LogP contribution in [0.4, 0.5) is 4.39 Å². The smallest absolute Gasteiger partial charge is 0.247 e. The Labute approximate surface area is 180 Å². The van der Waals surface area contributed by atoms with Crippen LogP contribution in [0.3, 0.4) is 0 Å². The molecule has 1 amide bonds. The molecule has 158 valence electrons. The summed E-state index contributed by atoms with van der Waals surface area (Å²) in [5.41, 5.74) is 1.63. The minimum Gasteiger partial charge on any atom is -0.497 e. The van der Waals surface area contributed by atoms with E-state index in [0.29, 0.717) is 17.9 Å². The summed E-state index contributed by atoms with van der Waals surface area (Å²) in [5.74, 6) is 0.755. The molecule has 6 heteroatoms. The fraction of sp³-hybridized carbons (Fsp3) is 0.200. The maximum atomic E-state index is 14.4. The normalized spacial score (nSPS) is 13.2. The van der Waals surface area contributed by atoms with Crippen molar-refractivity contribution in [2.24, 2.45) is 0 Å². The van der Waals surface area contributed by atoms with Crippen molar-refractivity contribution in [1.82, 2.24) is 9.88 Å². The third kappa shape index (κ3) is 5.48. The van der Waals surface area contributed by atoms with E-state index in [1.165, 1.54) is 18.3 Å². The fourth-order valence-corrected chi connectivity index (χ4v) is 3.20. The highest BCUT2D eigenvalue weighted by Gasteiger charge is 2.31. The Balaban J connectivity index is 1.42. The Hall–Kier alpha value is -3.67. The van der Waals surface area contributed by atoms with Crippen molar-refractivity contribution in [3.05, 3.63) is 90.0 Å². The summed E-state index contributed by atoms with van der Waals surface area (Å²) in [7, 11) is 1.63. The molecule has 0 bridgehead atoms. The molecular weight excluding hydrogens is 395 g/mol. The Bertz CT molecular complexity index is 1060. The second kappa shape index (κ2) is 9.43. The number of pyridine rings is 1. The first kappa shape index (κ1) is 20.6. The molecule has 1 aliphatic rings. The van der Waals surface area contributed by atoms with Gasteiger partial charge >= 0.3 is 0 Å². The summed E-state index contributed by atoms with van der Waals surface area (Å²) in [6.45, 7) is 0.532. The van der Waals surface area contributed by atoms with Crippen molar-refractivity contribution in [1.29, 1.82) is 0 Å². The van der Waals surface area contributed by atoms with Crippen LogP contribution in [0.5, 0.6) is 17.2 Å². The Morgan fingerprint density at radius 1 is 1.16 bits per heavy atom. The first-order valence-corrected chi connectivity index (χ1v) is 10.1. The van der Waals surface area contributed by atoms with Crippen LogP contribution in [0.25, 0.3) is 6.08 Å². The van der Waals surface area contributed by atoms with Crippen molar-refractivity contribution in [2.45, 2.75) is 25.4 Å². The summed E-state index contributed by atoms with van der Waals surface area (Å²) in [5, 5.41) is 0. The highest BCUT2D eigenvalue weighted by molar-refractivity contribution is 5.92. The molecule has 31 heavy (non-hydrogen) atoms. The number of benzene rings is 2. The van der Waals surface area contributed by atoms with E-state index in [1.807, 2.05) is 29.2 Å². The highest BCUT2D eigenvalue weighted by atomic mass is 19.1. The van der Waals surface area contributed by atoms with E-state index in [0.717, 1.165) is 24.2 Å². The number of aromatic nitrogens is 1. The van der Waals surface area contributed by atoms with E-state index in [4.69, 9.17) is 9.47 Å². The van der Waals surface area contributed by atoms with Crippen molar-refractivity contribution < 1.29 is 18.7 Å². The van der Waals surface area contributed by atoms with Gasteiger partial charge in [0.15, 0.2) is 11.6 Å². The van der Waals surface area contributed by atoms with Gasteiger partial charge in [-0.1, -0.05) is 18.2 Å².